The van der Waals surface area contributed by atoms with Crippen LogP contribution in [0.3, 0.4) is 0 Å². The van der Waals surface area contributed by atoms with Gasteiger partial charge in [-0.25, -0.2) is 0 Å². The monoisotopic (exact) mass is 265 g/mol. The number of anilines is 3. The molecule has 0 unspecified atom stereocenters. The molecule has 7 nitrogen and oxygen atoms in total. The number of nitrogens with one attached hydrogen (secondary N) is 2. The Morgan fingerprint density at radius 2 is 2.33 bits per heavy atom. The molecule has 0 fully saturated rings. The first-order chi connectivity index (χ1) is 8.70. The predicted molar refractivity (Wildman–Crippen MR) is 69.4 cm³/mol. The number of nitrogen functional groups attached to an aromatic ring is 1. The van der Waals surface area contributed by atoms with Crippen LogP contribution >= 0.6 is 11.3 Å². The van der Waals surface area contributed by atoms with Gasteiger partial charge in [-0.15, -0.1) is 11.3 Å². The Morgan fingerprint density at radius 1 is 1.50 bits per heavy atom. The van der Waals surface area contributed by atoms with Gasteiger partial charge in [0.05, 0.1) is 6.54 Å². The highest BCUT2D eigenvalue weighted by Crippen LogP contribution is 2.29. The fourth-order valence-electron chi connectivity index (χ4n) is 1.37. The Bertz CT molecular complexity index is 543. The molecule has 8 heteroatoms. The van der Waals surface area contributed by atoms with Crippen LogP contribution in [0.1, 0.15) is 4.88 Å². The fourth-order valence-corrected chi connectivity index (χ4v) is 2.01. The summed E-state index contributed by atoms with van der Waals surface area (Å²) in [6.07, 6.45) is 0.435. The van der Waals surface area contributed by atoms with Gasteiger partial charge in [-0.1, -0.05) is 6.07 Å². The predicted octanol–water partition coefficient (Wildman–Crippen LogP) is 1.01. The van der Waals surface area contributed by atoms with E-state index >= 15 is 0 Å². The van der Waals surface area contributed by atoms with Gasteiger partial charge in [-0.3, -0.25) is 4.79 Å². The molecule has 94 valence electrons. The molecule has 0 atom stereocenters. The van der Waals surface area contributed by atoms with Crippen LogP contribution in [-0.2, 0) is 11.3 Å². The van der Waals surface area contributed by atoms with Gasteiger partial charge in [0.1, 0.15) is 5.69 Å². The van der Waals surface area contributed by atoms with Crippen molar-refractivity contribution in [1.29, 1.82) is 0 Å². The second kappa shape index (κ2) is 5.32. The number of nitrogens with zero attached hydrogens (tertiary/aromatic N) is 2. The van der Waals surface area contributed by atoms with Crippen molar-refractivity contribution in [1.82, 2.24) is 9.97 Å². The third-order valence-electron chi connectivity index (χ3n) is 2.12. The molecule has 1 amide bonds. The molecule has 2 aromatic rings. The Hall–Kier alpha value is -2.35. The summed E-state index contributed by atoms with van der Waals surface area (Å²) in [5.74, 6) is -0.165. The van der Waals surface area contributed by atoms with Crippen molar-refractivity contribution in [2.75, 3.05) is 16.4 Å². The second-order valence-corrected chi connectivity index (χ2v) is 4.36. The molecule has 2 heterocycles. The summed E-state index contributed by atoms with van der Waals surface area (Å²) in [4.78, 5) is 19.0. The maximum Gasteiger partial charge on any atom is 0.242 e. The van der Waals surface area contributed by atoms with Crippen LogP contribution < -0.4 is 16.4 Å². The number of hydrogen-bond donors (Lipinski definition) is 4. The minimum Gasteiger partial charge on any atom is -0.492 e. The smallest absolute Gasteiger partial charge is 0.242 e. The summed E-state index contributed by atoms with van der Waals surface area (Å²) < 4.78 is 0. The van der Waals surface area contributed by atoms with Crippen molar-refractivity contribution in [3.63, 3.8) is 0 Å². The highest BCUT2D eigenvalue weighted by Gasteiger charge is 2.12. The topological polar surface area (TPSA) is 113 Å². The van der Waals surface area contributed by atoms with Crippen molar-refractivity contribution < 1.29 is 9.90 Å². The van der Waals surface area contributed by atoms with Crippen molar-refractivity contribution in [3.8, 4) is 5.88 Å². The summed E-state index contributed by atoms with van der Waals surface area (Å²) in [5.41, 5.74) is 5.54. The van der Waals surface area contributed by atoms with Crippen LogP contribution in [0.25, 0.3) is 0 Å². The van der Waals surface area contributed by atoms with E-state index in [9.17, 15) is 9.90 Å². The van der Waals surface area contributed by atoms with Crippen molar-refractivity contribution in [3.05, 3.63) is 22.4 Å². The Morgan fingerprint density at radius 3 is 3.00 bits per heavy atom. The third kappa shape index (κ3) is 2.66. The first kappa shape index (κ1) is 12.1. The molecule has 0 aliphatic carbocycles. The minimum absolute atomic E-state index is 0.0716. The molecule has 5 N–H and O–H groups in total. The lowest BCUT2D eigenvalue weighted by atomic mass is 10.4. The van der Waals surface area contributed by atoms with Gasteiger partial charge in [-0.05, 0) is 11.4 Å². The van der Waals surface area contributed by atoms with E-state index in [4.69, 9.17) is 5.73 Å². The number of rotatable bonds is 5. The largest absolute Gasteiger partial charge is 0.492 e. The Kier molecular flexibility index (Phi) is 3.58. The summed E-state index contributed by atoms with van der Waals surface area (Å²) in [7, 11) is 0. The molecular weight excluding hydrogens is 254 g/mol. The molecule has 0 bridgehead atoms. The maximum atomic E-state index is 10.5. The molecule has 0 spiro atoms. The highest BCUT2D eigenvalue weighted by molar-refractivity contribution is 7.09. The molecule has 2 aromatic heterocycles. The summed E-state index contributed by atoms with van der Waals surface area (Å²) in [5, 5.41) is 16.8. The Labute approximate surface area is 107 Å². The molecule has 0 radical (unpaired) electrons. The first-order valence-electron chi connectivity index (χ1n) is 5.03. The molecular formula is C10H11N5O2S. The van der Waals surface area contributed by atoms with E-state index in [0.717, 1.165) is 4.88 Å². The molecule has 0 aliphatic rings. The highest BCUT2D eigenvalue weighted by atomic mass is 32.1. The minimum atomic E-state index is -0.372. The van der Waals surface area contributed by atoms with E-state index in [1.54, 1.807) is 11.3 Å². The lowest BCUT2D eigenvalue weighted by Gasteiger charge is -2.10. The second-order valence-electron chi connectivity index (χ2n) is 3.32. The van der Waals surface area contributed by atoms with E-state index in [2.05, 4.69) is 20.6 Å². The average molecular weight is 265 g/mol. The zero-order chi connectivity index (χ0) is 13.0. The fraction of sp³-hybridized carbons (Fsp3) is 0.100. The molecule has 0 saturated carbocycles. The number of hydrogen-bond acceptors (Lipinski definition) is 7. The van der Waals surface area contributed by atoms with Crippen LogP contribution in [0.15, 0.2) is 17.5 Å². The van der Waals surface area contributed by atoms with Crippen LogP contribution in [0, 0.1) is 0 Å². The maximum absolute atomic E-state index is 10.5. The normalized spacial score (nSPS) is 10.0. The lowest BCUT2D eigenvalue weighted by molar-refractivity contribution is -0.105. The number of aromatic hydroxyl groups is 1. The molecule has 2 rings (SSSR count). The number of amides is 1. The molecule has 0 aromatic carbocycles. The van der Waals surface area contributed by atoms with E-state index in [-0.39, 0.29) is 23.3 Å². The molecule has 0 saturated heterocycles. The van der Waals surface area contributed by atoms with Gasteiger partial charge in [0.15, 0.2) is 5.82 Å². The van der Waals surface area contributed by atoms with E-state index in [0.29, 0.717) is 13.0 Å². The van der Waals surface area contributed by atoms with E-state index in [1.165, 1.54) is 0 Å². The van der Waals surface area contributed by atoms with E-state index in [1.807, 2.05) is 17.5 Å². The van der Waals surface area contributed by atoms with Crippen molar-refractivity contribution >= 4 is 35.2 Å². The van der Waals surface area contributed by atoms with Gasteiger partial charge in [0.25, 0.3) is 0 Å². The third-order valence-corrected chi connectivity index (χ3v) is 3.00. The van der Waals surface area contributed by atoms with Crippen LogP contribution in [-0.4, -0.2) is 21.5 Å². The number of aromatic nitrogens is 2. The SMILES string of the molecule is Nc1nc(O)c(NC=O)c(NCc2cccs2)n1. The van der Waals surface area contributed by atoms with Crippen molar-refractivity contribution in [2.24, 2.45) is 0 Å². The van der Waals surface area contributed by atoms with Gasteiger partial charge in [-0.2, -0.15) is 9.97 Å². The zero-order valence-corrected chi connectivity index (χ0v) is 10.1. The summed E-state index contributed by atoms with van der Waals surface area (Å²) in [6, 6.07) is 3.88. The first-order valence-corrected chi connectivity index (χ1v) is 5.91. The number of carbonyl (C=O) groups is 1. The van der Waals surface area contributed by atoms with Crippen LogP contribution in [0.5, 0.6) is 5.88 Å². The van der Waals surface area contributed by atoms with Crippen LogP contribution in [0.2, 0.25) is 0 Å². The number of nitrogens with two attached hydrogens (primary N) is 1. The van der Waals surface area contributed by atoms with Gasteiger partial charge in [0.2, 0.25) is 18.2 Å². The summed E-state index contributed by atoms with van der Waals surface area (Å²) >= 11 is 1.58. The summed E-state index contributed by atoms with van der Waals surface area (Å²) in [6.45, 7) is 0.515. The number of carbonyl (C=O) groups excluding carboxylic acids is 1. The standard InChI is InChI=1S/C10H11N5O2S/c11-10-14-8(7(13-5-16)9(17)15-10)12-4-6-2-1-3-18-6/h1-3,5H,4H2,(H,13,16)(H4,11,12,14,15,17). The van der Waals surface area contributed by atoms with E-state index < -0.39 is 0 Å². The number of thiophene rings is 1. The van der Waals surface area contributed by atoms with Gasteiger partial charge < -0.3 is 21.5 Å². The van der Waals surface area contributed by atoms with Crippen molar-refractivity contribution in [2.45, 2.75) is 6.54 Å². The van der Waals surface area contributed by atoms with Crippen LogP contribution in [0.4, 0.5) is 17.5 Å². The lowest BCUT2D eigenvalue weighted by Crippen LogP contribution is -2.08. The van der Waals surface area contributed by atoms with Gasteiger partial charge in [0, 0.05) is 4.88 Å². The quantitative estimate of drug-likeness (QED) is 0.600. The zero-order valence-electron chi connectivity index (χ0n) is 9.25. The molecule has 0 aliphatic heterocycles. The van der Waals surface area contributed by atoms with Gasteiger partial charge >= 0.3 is 0 Å². The Balaban J connectivity index is 2.22. The molecule has 18 heavy (non-hydrogen) atoms. The average Bonchev–Trinajstić information content (AvgIpc) is 2.83.